The van der Waals surface area contributed by atoms with E-state index in [4.69, 9.17) is 17.3 Å². The molecule has 0 fully saturated rings. The van der Waals surface area contributed by atoms with E-state index in [0.29, 0.717) is 16.6 Å². The highest BCUT2D eigenvalue weighted by Gasteiger charge is 2.16. The van der Waals surface area contributed by atoms with Crippen LogP contribution < -0.4 is 5.73 Å². The number of carbonyl (C=O) groups is 1. The molecule has 0 aliphatic heterocycles. The van der Waals surface area contributed by atoms with Crippen LogP contribution in [-0.2, 0) is 6.42 Å². The summed E-state index contributed by atoms with van der Waals surface area (Å²) in [7, 11) is 0. The van der Waals surface area contributed by atoms with Crippen molar-refractivity contribution in [1.29, 1.82) is 0 Å². The summed E-state index contributed by atoms with van der Waals surface area (Å²) < 4.78 is 14.3. The van der Waals surface area contributed by atoms with Crippen LogP contribution in [0, 0.1) is 5.82 Å². The molecule has 2 aromatic rings. The van der Waals surface area contributed by atoms with Crippen LogP contribution in [0.1, 0.15) is 22.3 Å². The molecule has 20 heavy (non-hydrogen) atoms. The topological polar surface area (TPSA) is 43.1 Å². The molecule has 0 saturated carbocycles. The van der Waals surface area contributed by atoms with Gasteiger partial charge in [0.05, 0.1) is 10.6 Å². The first kappa shape index (κ1) is 15.0. The number of aryl methyl sites for hydroxylation is 1. The lowest BCUT2D eigenvalue weighted by Gasteiger charge is -2.06. The van der Waals surface area contributed by atoms with Crippen LogP contribution in [0.15, 0.2) is 40.9 Å². The molecular weight excluding hydrogens is 345 g/mol. The molecule has 2 rings (SSSR count). The van der Waals surface area contributed by atoms with E-state index < -0.39 is 5.82 Å². The summed E-state index contributed by atoms with van der Waals surface area (Å²) in [5.74, 6) is -0.960. The highest BCUT2D eigenvalue weighted by Crippen LogP contribution is 2.28. The number of ketones is 1. The van der Waals surface area contributed by atoms with Crippen molar-refractivity contribution in [3.05, 3.63) is 62.8 Å². The third-order valence-electron chi connectivity index (χ3n) is 2.93. The number of carbonyl (C=O) groups excluding carboxylic acids is 1. The Labute approximate surface area is 129 Å². The Morgan fingerprint density at radius 1 is 1.30 bits per heavy atom. The van der Waals surface area contributed by atoms with Crippen molar-refractivity contribution < 1.29 is 9.18 Å². The van der Waals surface area contributed by atoms with Crippen LogP contribution in [0.3, 0.4) is 0 Å². The lowest BCUT2D eigenvalue weighted by molar-refractivity contribution is 0.0979. The fraction of sp³-hybridized carbons (Fsp3) is 0.133. The van der Waals surface area contributed by atoms with Crippen molar-refractivity contribution in [2.45, 2.75) is 12.8 Å². The first-order valence-corrected chi connectivity index (χ1v) is 7.17. The maximum absolute atomic E-state index is 13.9. The number of Topliss-reactive ketones (excluding diaryl/α,β-unsaturated/α-hetero) is 1. The van der Waals surface area contributed by atoms with E-state index in [1.54, 1.807) is 18.2 Å². The Morgan fingerprint density at radius 3 is 2.75 bits per heavy atom. The van der Waals surface area contributed by atoms with Crippen molar-refractivity contribution >= 4 is 39.0 Å². The standard InChI is InChI=1S/C15H12BrClFNO/c16-12-6-5-11(15(18)14(12)17)13(20)7-4-9-2-1-3-10(19)8-9/h1-3,5-6,8H,4,7,19H2. The van der Waals surface area contributed by atoms with Gasteiger partial charge in [-0.3, -0.25) is 4.79 Å². The number of benzene rings is 2. The van der Waals surface area contributed by atoms with Gasteiger partial charge in [-0.1, -0.05) is 23.7 Å². The number of rotatable bonds is 4. The van der Waals surface area contributed by atoms with E-state index in [1.165, 1.54) is 6.07 Å². The average molecular weight is 357 g/mol. The first-order valence-electron chi connectivity index (χ1n) is 6.00. The van der Waals surface area contributed by atoms with Gasteiger partial charge >= 0.3 is 0 Å². The van der Waals surface area contributed by atoms with Crippen LogP contribution in [0.4, 0.5) is 10.1 Å². The molecule has 0 bridgehead atoms. The minimum atomic E-state index is -0.682. The molecule has 0 unspecified atom stereocenters. The van der Waals surface area contributed by atoms with Crippen LogP contribution >= 0.6 is 27.5 Å². The summed E-state index contributed by atoms with van der Waals surface area (Å²) in [5.41, 5.74) is 7.28. The largest absolute Gasteiger partial charge is 0.399 e. The van der Waals surface area contributed by atoms with Gasteiger partial charge in [-0.15, -0.1) is 0 Å². The summed E-state index contributed by atoms with van der Waals surface area (Å²) in [6.07, 6.45) is 0.718. The molecule has 2 aromatic carbocycles. The number of hydrogen-bond donors (Lipinski definition) is 1. The minimum absolute atomic E-state index is 0.0158. The van der Waals surface area contributed by atoms with E-state index in [-0.39, 0.29) is 22.8 Å². The van der Waals surface area contributed by atoms with E-state index in [0.717, 1.165) is 5.56 Å². The van der Waals surface area contributed by atoms with Gasteiger partial charge in [-0.05, 0) is 52.2 Å². The zero-order chi connectivity index (χ0) is 14.7. The maximum Gasteiger partial charge on any atom is 0.166 e. The maximum atomic E-state index is 13.9. The highest BCUT2D eigenvalue weighted by atomic mass is 79.9. The van der Waals surface area contributed by atoms with Gasteiger partial charge in [0.15, 0.2) is 11.6 Å². The summed E-state index contributed by atoms with van der Waals surface area (Å²) in [4.78, 5) is 12.0. The summed E-state index contributed by atoms with van der Waals surface area (Å²) in [6.45, 7) is 0. The SMILES string of the molecule is Nc1cccc(CCC(=O)c2ccc(Br)c(Cl)c2F)c1. The first-order chi connectivity index (χ1) is 9.49. The quantitative estimate of drug-likeness (QED) is 0.493. The number of nitrogen functional groups attached to an aromatic ring is 1. The van der Waals surface area contributed by atoms with E-state index in [2.05, 4.69) is 15.9 Å². The van der Waals surface area contributed by atoms with Gasteiger partial charge in [-0.25, -0.2) is 4.39 Å². The predicted molar refractivity (Wildman–Crippen MR) is 82.6 cm³/mol. The van der Waals surface area contributed by atoms with Gasteiger partial charge in [0, 0.05) is 16.6 Å². The number of nitrogens with two attached hydrogens (primary N) is 1. The Morgan fingerprint density at radius 2 is 2.05 bits per heavy atom. The van der Waals surface area contributed by atoms with Gasteiger partial charge in [-0.2, -0.15) is 0 Å². The van der Waals surface area contributed by atoms with Crippen LogP contribution in [0.2, 0.25) is 5.02 Å². The van der Waals surface area contributed by atoms with Crippen molar-refractivity contribution in [2.24, 2.45) is 0 Å². The molecule has 5 heteroatoms. The zero-order valence-electron chi connectivity index (χ0n) is 10.5. The number of anilines is 1. The minimum Gasteiger partial charge on any atom is -0.399 e. The monoisotopic (exact) mass is 355 g/mol. The van der Waals surface area contributed by atoms with E-state index in [1.807, 2.05) is 12.1 Å². The lowest BCUT2D eigenvalue weighted by Crippen LogP contribution is -2.05. The molecule has 0 aliphatic carbocycles. The Hall–Kier alpha value is -1.39. The fourth-order valence-corrected chi connectivity index (χ4v) is 2.35. The summed E-state index contributed by atoms with van der Waals surface area (Å²) in [5, 5.41) is -0.0696. The molecule has 0 amide bonds. The predicted octanol–water partition coefficient (Wildman–Crippen LogP) is 4.64. The van der Waals surface area contributed by atoms with Crippen molar-refractivity contribution in [3.63, 3.8) is 0 Å². The van der Waals surface area contributed by atoms with Crippen LogP contribution in [-0.4, -0.2) is 5.78 Å². The molecule has 0 heterocycles. The van der Waals surface area contributed by atoms with Crippen molar-refractivity contribution in [1.82, 2.24) is 0 Å². The Kier molecular flexibility index (Phi) is 4.78. The number of hydrogen-bond acceptors (Lipinski definition) is 2. The van der Waals surface area contributed by atoms with Gasteiger partial charge < -0.3 is 5.73 Å². The molecule has 0 aliphatic rings. The molecule has 0 aromatic heterocycles. The second-order valence-electron chi connectivity index (χ2n) is 4.39. The normalized spacial score (nSPS) is 10.6. The number of halogens is 3. The van der Waals surface area contributed by atoms with E-state index in [9.17, 15) is 9.18 Å². The second-order valence-corrected chi connectivity index (χ2v) is 5.62. The molecule has 2 N–H and O–H groups in total. The van der Waals surface area contributed by atoms with Gasteiger partial charge in [0.1, 0.15) is 0 Å². The molecular formula is C15H12BrClFNO. The molecule has 0 saturated heterocycles. The lowest BCUT2D eigenvalue weighted by atomic mass is 10.0. The summed E-state index contributed by atoms with van der Waals surface area (Å²) in [6, 6.07) is 10.3. The third kappa shape index (κ3) is 3.38. The van der Waals surface area contributed by atoms with Crippen LogP contribution in [0.5, 0.6) is 0 Å². The fourth-order valence-electron chi connectivity index (χ4n) is 1.88. The molecule has 0 atom stereocenters. The van der Waals surface area contributed by atoms with Gasteiger partial charge in [0.25, 0.3) is 0 Å². The Balaban J connectivity index is 2.11. The zero-order valence-corrected chi connectivity index (χ0v) is 12.8. The molecule has 0 radical (unpaired) electrons. The van der Waals surface area contributed by atoms with Crippen molar-refractivity contribution in [3.8, 4) is 0 Å². The smallest absolute Gasteiger partial charge is 0.166 e. The molecule has 104 valence electrons. The molecule has 2 nitrogen and oxygen atoms in total. The van der Waals surface area contributed by atoms with Gasteiger partial charge in [0.2, 0.25) is 0 Å². The summed E-state index contributed by atoms with van der Waals surface area (Å²) >= 11 is 8.89. The highest BCUT2D eigenvalue weighted by molar-refractivity contribution is 9.10. The molecule has 0 spiro atoms. The van der Waals surface area contributed by atoms with Crippen LogP contribution in [0.25, 0.3) is 0 Å². The Bertz CT molecular complexity index is 660. The average Bonchev–Trinajstić information content (AvgIpc) is 2.42. The third-order valence-corrected chi connectivity index (χ3v) is 4.19. The van der Waals surface area contributed by atoms with E-state index >= 15 is 0 Å². The second kappa shape index (κ2) is 6.37. The van der Waals surface area contributed by atoms with Crippen molar-refractivity contribution in [2.75, 3.05) is 5.73 Å².